The van der Waals surface area contributed by atoms with Crippen LogP contribution in [0.4, 0.5) is 5.69 Å². The normalized spacial score (nSPS) is 24.0. The average Bonchev–Trinajstić information content (AvgIpc) is 2.34. The van der Waals surface area contributed by atoms with Crippen molar-refractivity contribution in [3.8, 4) is 11.9 Å². The summed E-state index contributed by atoms with van der Waals surface area (Å²) in [5, 5.41) is 8.73. The van der Waals surface area contributed by atoms with Crippen LogP contribution in [0.5, 0.6) is 5.88 Å². The molecule has 4 nitrogen and oxygen atoms in total. The fourth-order valence-corrected chi connectivity index (χ4v) is 2.23. The van der Waals surface area contributed by atoms with Gasteiger partial charge in [-0.1, -0.05) is 13.3 Å². The van der Waals surface area contributed by atoms with E-state index in [-0.39, 0.29) is 6.10 Å². The van der Waals surface area contributed by atoms with Crippen LogP contribution in [0.15, 0.2) is 12.3 Å². The third-order valence-corrected chi connectivity index (χ3v) is 3.30. The van der Waals surface area contributed by atoms with Crippen molar-refractivity contribution in [1.82, 2.24) is 4.98 Å². The summed E-state index contributed by atoms with van der Waals surface area (Å²) in [6, 6.07) is 3.62. The van der Waals surface area contributed by atoms with E-state index < -0.39 is 0 Å². The molecule has 0 aromatic carbocycles. The first-order chi connectivity index (χ1) is 8.20. The average molecular weight is 231 g/mol. The molecule has 2 rings (SSSR count). The molecular formula is C13H17N3O. The Morgan fingerprint density at radius 1 is 1.47 bits per heavy atom. The molecule has 1 aliphatic rings. The second-order valence-corrected chi connectivity index (χ2v) is 4.65. The van der Waals surface area contributed by atoms with Crippen molar-refractivity contribution in [2.45, 2.75) is 38.7 Å². The number of nitrogens with zero attached hydrogens (tertiary/aromatic N) is 2. The summed E-state index contributed by atoms with van der Waals surface area (Å²) in [6.07, 6.45) is 6.43. The van der Waals surface area contributed by atoms with Gasteiger partial charge in [-0.3, -0.25) is 0 Å². The van der Waals surface area contributed by atoms with Crippen LogP contribution in [0.1, 0.15) is 38.2 Å². The maximum absolute atomic E-state index is 8.73. The molecule has 0 bridgehead atoms. The van der Waals surface area contributed by atoms with Gasteiger partial charge >= 0.3 is 0 Å². The second kappa shape index (κ2) is 5.05. The lowest BCUT2D eigenvalue weighted by Crippen LogP contribution is -2.28. The van der Waals surface area contributed by atoms with Crippen LogP contribution in [-0.4, -0.2) is 11.1 Å². The zero-order chi connectivity index (χ0) is 12.3. The Kier molecular flexibility index (Phi) is 3.48. The molecule has 0 saturated heterocycles. The number of aromatic nitrogens is 1. The Labute approximate surface area is 101 Å². The zero-order valence-electron chi connectivity index (χ0n) is 10.0. The number of hydrogen-bond acceptors (Lipinski definition) is 4. The lowest BCUT2D eigenvalue weighted by Gasteiger charge is -2.29. The largest absolute Gasteiger partial charge is 0.473 e. The van der Waals surface area contributed by atoms with E-state index >= 15 is 0 Å². The fraction of sp³-hybridized carbons (Fsp3) is 0.538. The van der Waals surface area contributed by atoms with Crippen LogP contribution >= 0.6 is 0 Å². The highest BCUT2D eigenvalue weighted by molar-refractivity contribution is 5.52. The highest BCUT2D eigenvalue weighted by Crippen LogP contribution is 2.29. The monoisotopic (exact) mass is 231 g/mol. The first-order valence-electron chi connectivity index (χ1n) is 6.03. The molecule has 0 radical (unpaired) electrons. The number of nitriles is 1. The van der Waals surface area contributed by atoms with Crippen LogP contribution in [-0.2, 0) is 0 Å². The van der Waals surface area contributed by atoms with Crippen LogP contribution in [0.2, 0.25) is 0 Å². The van der Waals surface area contributed by atoms with Crippen molar-refractivity contribution in [2.24, 2.45) is 5.92 Å². The molecule has 1 aromatic heterocycles. The second-order valence-electron chi connectivity index (χ2n) is 4.65. The molecule has 2 N–H and O–H groups in total. The number of anilines is 1. The van der Waals surface area contributed by atoms with E-state index in [0.29, 0.717) is 23.0 Å². The number of rotatable bonds is 2. The van der Waals surface area contributed by atoms with E-state index in [1.54, 1.807) is 6.07 Å². The Morgan fingerprint density at radius 3 is 2.88 bits per heavy atom. The third-order valence-electron chi connectivity index (χ3n) is 3.30. The first kappa shape index (κ1) is 11.7. The topological polar surface area (TPSA) is 71.9 Å². The van der Waals surface area contributed by atoms with Crippen molar-refractivity contribution >= 4 is 5.69 Å². The van der Waals surface area contributed by atoms with Crippen molar-refractivity contribution in [3.05, 3.63) is 17.8 Å². The van der Waals surface area contributed by atoms with Gasteiger partial charge in [0.1, 0.15) is 12.2 Å². The quantitative estimate of drug-likeness (QED) is 0.848. The van der Waals surface area contributed by atoms with Gasteiger partial charge in [0.05, 0.1) is 11.3 Å². The van der Waals surface area contributed by atoms with Gasteiger partial charge in [-0.15, -0.1) is 0 Å². The van der Waals surface area contributed by atoms with E-state index in [9.17, 15) is 0 Å². The maximum atomic E-state index is 8.73. The van der Waals surface area contributed by atoms with Crippen LogP contribution in [0.25, 0.3) is 0 Å². The molecule has 1 saturated carbocycles. The van der Waals surface area contributed by atoms with E-state index in [0.717, 1.165) is 6.42 Å². The summed E-state index contributed by atoms with van der Waals surface area (Å²) in [6.45, 7) is 2.20. The molecule has 1 aromatic rings. The molecule has 2 atom stereocenters. The SMILES string of the molecule is CC1CCCCC1Oc1ncc(C#N)cc1N. The lowest BCUT2D eigenvalue weighted by atomic mass is 9.88. The van der Waals surface area contributed by atoms with Crippen molar-refractivity contribution < 1.29 is 4.74 Å². The summed E-state index contributed by atoms with van der Waals surface area (Å²) < 4.78 is 5.85. The molecule has 0 amide bonds. The summed E-state index contributed by atoms with van der Waals surface area (Å²) in [7, 11) is 0. The van der Waals surface area contributed by atoms with Gasteiger partial charge in [0.25, 0.3) is 0 Å². The fourth-order valence-electron chi connectivity index (χ4n) is 2.23. The molecule has 0 aliphatic heterocycles. The van der Waals surface area contributed by atoms with Crippen molar-refractivity contribution in [1.29, 1.82) is 5.26 Å². The van der Waals surface area contributed by atoms with Gasteiger partial charge in [-0.25, -0.2) is 4.98 Å². The predicted molar refractivity (Wildman–Crippen MR) is 65.4 cm³/mol. The van der Waals surface area contributed by atoms with Crippen LogP contribution in [0.3, 0.4) is 0 Å². The molecule has 0 spiro atoms. The molecule has 1 aliphatic carbocycles. The summed E-state index contributed by atoms with van der Waals surface area (Å²) in [4.78, 5) is 4.11. The van der Waals surface area contributed by atoms with Gasteiger partial charge < -0.3 is 10.5 Å². The lowest BCUT2D eigenvalue weighted by molar-refractivity contribution is 0.0984. The number of nitrogens with two attached hydrogens (primary N) is 1. The molecule has 1 heterocycles. The van der Waals surface area contributed by atoms with Crippen molar-refractivity contribution in [2.75, 3.05) is 5.73 Å². The van der Waals surface area contributed by atoms with Crippen molar-refractivity contribution in [3.63, 3.8) is 0 Å². The number of nitrogen functional groups attached to an aromatic ring is 1. The minimum atomic E-state index is 0.200. The Morgan fingerprint density at radius 2 is 2.24 bits per heavy atom. The Balaban J connectivity index is 2.10. The summed E-state index contributed by atoms with van der Waals surface area (Å²) in [5.41, 5.74) is 6.73. The highest BCUT2D eigenvalue weighted by Gasteiger charge is 2.23. The molecule has 1 fully saturated rings. The Hall–Kier alpha value is -1.76. The van der Waals surface area contributed by atoms with Gasteiger partial charge in [-0.2, -0.15) is 5.26 Å². The van der Waals surface area contributed by atoms with Gasteiger partial charge in [0.2, 0.25) is 5.88 Å². The summed E-state index contributed by atoms with van der Waals surface area (Å²) >= 11 is 0. The minimum Gasteiger partial charge on any atom is -0.473 e. The molecule has 4 heteroatoms. The smallest absolute Gasteiger partial charge is 0.237 e. The standard InChI is InChI=1S/C13H17N3O/c1-9-4-2-3-5-12(9)17-13-11(15)6-10(7-14)8-16-13/h6,8-9,12H,2-5,15H2,1H3. The number of ether oxygens (including phenoxy) is 1. The highest BCUT2D eigenvalue weighted by atomic mass is 16.5. The van der Waals surface area contributed by atoms with E-state index in [1.807, 2.05) is 6.07 Å². The molecule has 90 valence electrons. The van der Waals surface area contributed by atoms with Gasteiger partial charge in [0, 0.05) is 6.20 Å². The van der Waals surface area contributed by atoms with E-state index in [4.69, 9.17) is 15.7 Å². The number of pyridine rings is 1. The number of hydrogen-bond donors (Lipinski definition) is 1. The third kappa shape index (κ3) is 2.68. The van der Waals surface area contributed by atoms with Gasteiger partial charge in [0.15, 0.2) is 0 Å². The minimum absolute atomic E-state index is 0.200. The van der Waals surface area contributed by atoms with Crippen LogP contribution in [0, 0.1) is 17.2 Å². The van der Waals surface area contributed by atoms with Gasteiger partial charge in [-0.05, 0) is 31.2 Å². The molecular weight excluding hydrogens is 214 g/mol. The molecule has 2 unspecified atom stereocenters. The maximum Gasteiger partial charge on any atom is 0.237 e. The first-order valence-corrected chi connectivity index (χ1v) is 6.03. The summed E-state index contributed by atoms with van der Waals surface area (Å²) in [5.74, 6) is 1.00. The van der Waals surface area contributed by atoms with E-state index in [1.165, 1.54) is 25.5 Å². The Bertz CT molecular complexity index is 439. The van der Waals surface area contributed by atoms with Crippen LogP contribution < -0.4 is 10.5 Å². The zero-order valence-corrected chi connectivity index (χ0v) is 10.0. The molecule has 17 heavy (non-hydrogen) atoms. The predicted octanol–water partition coefficient (Wildman–Crippen LogP) is 2.49. The van der Waals surface area contributed by atoms with E-state index in [2.05, 4.69) is 11.9 Å².